The second-order valence-electron chi connectivity index (χ2n) is 3.75. The van der Waals surface area contributed by atoms with E-state index < -0.39 is 5.97 Å². The van der Waals surface area contributed by atoms with Gasteiger partial charge in [-0.05, 0) is 41.8 Å². The standard InChI is InChI=1S/C13H11NO4S2/c1-19-13-14-10(12(17)20-13)6-8-2-4-9(5-3-8)18-7-11(15)16/h2-6H,7H2,1H3,(H,15,16)/b10-6-. The Morgan fingerprint density at radius 1 is 1.45 bits per heavy atom. The molecule has 0 atom stereocenters. The van der Waals surface area contributed by atoms with Crippen molar-refractivity contribution in [3.8, 4) is 5.75 Å². The van der Waals surface area contributed by atoms with Crippen molar-refractivity contribution < 1.29 is 19.4 Å². The van der Waals surface area contributed by atoms with E-state index in [0.29, 0.717) is 11.4 Å². The van der Waals surface area contributed by atoms with E-state index in [2.05, 4.69) is 4.99 Å². The molecular weight excluding hydrogens is 298 g/mol. The van der Waals surface area contributed by atoms with Crippen LogP contribution in [0.15, 0.2) is 35.0 Å². The van der Waals surface area contributed by atoms with Gasteiger partial charge in [0.25, 0.3) is 0 Å². The smallest absolute Gasteiger partial charge is 0.341 e. The first-order valence-electron chi connectivity index (χ1n) is 5.59. The largest absolute Gasteiger partial charge is 0.482 e. The zero-order valence-electron chi connectivity index (χ0n) is 10.5. The molecule has 0 fully saturated rings. The summed E-state index contributed by atoms with van der Waals surface area (Å²) in [5.74, 6) is -0.557. The van der Waals surface area contributed by atoms with E-state index in [4.69, 9.17) is 9.84 Å². The van der Waals surface area contributed by atoms with Gasteiger partial charge in [-0.2, -0.15) is 0 Å². The molecule has 2 rings (SSSR count). The number of carboxylic acids is 1. The Labute approximate surface area is 124 Å². The van der Waals surface area contributed by atoms with Crippen molar-refractivity contribution in [1.29, 1.82) is 0 Å². The van der Waals surface area contributed by atoms with Crippen molar-refractivity contribution in [2.45, 2.75) is 0 Å². The molecule has 20 heavy (non-hydrogen) atoms. The molecular formula is C13H11NO4S2. The minimum atomic E-state index is -1.02. The van der Waals surface area contributed by atoms with Crippen molar-refractivity contribution in [3.63, 3.8) is 0 Å². The average molecular weight is 309 g/mol. The number of hydrogen-bond donors (Lipinski definition) is 1. The third-order valence-corrected chi connectivity index (χ3v) is 4.17. The van der Waals surface area contributed by atoms with Crippen molar-refractivity contribution in [2.75, 3.05) is 12.9 Å². The van der Waals surface area contributed by atoms with Crippen molar-refractivity contribution >= 4 is 45.1 Å². The highest BCUT2D eigenvalue weighted by molar-refractivity contribution is 8.45. The summed E-state index contributed by atoms with van der Waals surface area (Å²) in [6, 6.07) is 6.80. The fourth-order valence-corrected chi connectivity index (χ4v) is 2.70. The number of hydrogen-bond acceptors (Lipinski definition) is 6. The van der Waals surface area contributed by atoms with Gasteiger partial charge in [-0.1, -0.05) is 12.1 Å². The first-order chi connectivity index (χ1) is 9.58. The van der Waals surface area contributed by atoms with Gasteiger partial charge < -0.3 is 9.84 Å². The number of carbonyl (C=O) groups excluding carboxylic acids is 1. The van der Waals surface area contributed by atoms with Crippen LogP contribution in [-0.2, 0) is 9.59 Å². The number of benzene rings is 1. The highest BCUT2D eigenvalue weighted by atomic mass is 32.2. The Kier molecular flexibility index (Phi) is 4.86. The Morgan fingerprint density at radius 3 is 2.70 bits per heavy atom. The molecule has 0 spiro atoms. The number of carbonyl (C=O) groups is 2. The van der Waals surface area contributed by atoms with Crippen LogP contribution < -0.4 is 4.74 Å². The third-order valence-electron chi connectivity index (χ3n) is 2.32. The molecule has 7 heteroatoms. The van der Waals surface area contributed by atoms with E-state index in [-0.39, 0.29) is 11.7 Å². The lowest BCUT2D eigenvalue weighted by molar-refractivity contribution is -0.139. The molecule has 1 aromatic rings. The van der Waals surface area contributed by atoms with E-state index in [1.807, 2.05) is 6.26 Å². The molecule has 0 aromatic heterocycles. The van der Waals surface area contributed by atoms with Crippen LogP contribution in [0, 0.1) is 0 Å². The van der Waals surface area contributed by atoms with Crippen LogP contribution in [0.1, 0.15) is 5.56 Å². The fraction of sp³-hybridized carbons (Fsp3) is 0.154. The van der Waals surface area contributed by atoms with Crippen LogP contribution in [0.25, 0.3) is 6.08 Å². The van der Waals surface area contributed by atoms with Crippen LogP contribution in [0.4, 0.5) is 0 Å². The second-order valence-corrected chi connectivity index (χ2v) is 5.77. The predicted molar refractivity (Wildman–Crippen MR) is 81.1 cm³/mol. The molecule has 1 aromatic carbocycles. The van der Waals surface area contributed by atoms with E-state index in [0.717, 1.165) is 21.7 Å². The maximum Gasteiger partial charge on any atom is 0.341 e. The minimum Gasteiger partial charge on any atom is -0.482 e. The van der Waals surface area contributed by atoms with Crippen LogP contribution in [0.2, 0.25) is 0 Å². The number of thioether (sulfide) groups is 2. The maximum atomic E-state index is 11.7. The normalized spacial score (nSPS) is 16.4. The highest BCUT2D eigenvalue weighted by Gasteiger charge is 2.21. The van der Waals surface area contributed by atoms with E-state index in [1.165, 1.54) is 11.8 Å². The highest BCUT2D eigenvalue weighted by Crippen LogP contribution is 2.29. The molecule has 1 N–H and O–H groups in total. The van der Waals surface area contributed by atoms with Gasteiger partial charge in [-0.3, -0.25) is 4.79 Å². The maximum absolute atomic E-state index is 11.7. The summed E-state index contributed by atoms with van der Waals surface area (Å²) in [4.78, 5) is 26.3. The minimum absolute atomic E-state index is 0.0689. The second kappa shape index (κ2) is 6.62. The first-order valence-corrected chi connectivity index (χ1v) is 7.64. The van der Waals surface area contributed by atoms with E-state index in [9.17, 15) is 9.59 Å². The molecule has 1 aliphatic heterocycles. The number of ether oxygens (including phenoxy) is 1. The van der Waals surface area contributed by atoms with Crippen LogP contribution in [-0.4, -0.2) is 33.4 Å². The molecule has 1 aliphatic rings. The van der Waals surface area contributed by atoms with Gasteiger partial charge in [0, 0.05) is 0 Å². The van der Waals surface area contributed by atoms with Crippen LogP contribution in [0.5, 0.6) is 5.75 Å². The number of aliphatic imine (C=N–C) groups is 1. The number of rotatable bonds is 4. The fourth-order valence-electron chi connectivity index (χ4n) is 1.44. The van der Waals surface area contributed by atoms with Crippen LogP contribution in [0.3, 0.4) is 0 Å². The summed E-state index contributed by atoms with van der Waals surface area (Å²) in [7, 11) is 0. The van der Waals surface area contributed by atoms with Crippen molar-refractivity contribution in [3.05, 3.63) is 35.5 Å². The molecule has 0 aliphatic carbocycles. The van der Waals surface area contributed by atoms with Gasteiger partial charge in [0.05, 0.1) is 0 Å². The summed E-state index contributed by atoms with van der Waals surface area (Å²) in [5.41, 5.74) is 1.22. The molecule has 0 saturated carbocycles. The number of nitrogens with zero attached hydrogens (tertiary/aromatic N) is 1. The Hall–Kier alpha value is -1.73. The Bertz CT molecular complexity index is 593. The molecule has 0 radical (unpaired) electrons. The number of carboxylic acid groups (broad SMARTS) is 1. The lowest BCUT2D eigenvalue weighted by atomic mass is 10.2. The van der Waals surface area contributed by atoms with Gasteiger partial charge in [0.15, 0.2) is 6.61 Å². The molecule has 0 amide bonds. The molecule has 0 bridgehead atoms. The lowest BCUT2D eigenvalue weighted by Gasteiger charge is -2.02. The first kappa shape index (κ1) is 14.7. The molecule has 0 saturated heterocycles. The molecule has 5 nitrogen and oxygen atoms in total. The van der Waals surface area contributed by atoms with Crippen LogP contribution >= 0.6 is 23.5 Å². The van der Waals surface area contributed by atoms with E-state index in [1.54, 1.807) is 30.3 Å². The Balaban J connectivity index is 2.09. The summed E-state index contributed by atoms with van der Waals surface area (Å²) in [6.45, 7) is -0.378. The van der Waals surface area contributed by atoms with Gasteiger partial charge in [-0.15, -0.1) is 11.8 Å². The Morgan fingerprint density at radius 2 is 2.15 bits per heavy atom. The topological polar surface area (TPSA) is 76.0 Å². The third kappa shape index (κ3) is 3.88. The molecule has 104 valence electrons. The average Bonchev–Trinajstić information content (AvgIpc) is 2.78. The summed E-state index contributed by atoms with van der Waals surface area (Å²) < 4.78 is 5.76. The zero-order chi connectivity index (χ0) is 14.5. The summed E-state index contributed by atoms with van der Waals surface area (Å²) in [6.07, 6.45) is 3.57. The van der Waals surface area contributed by atoms with Gasteiger partial charge in [0.2, 0.25) is 5.12 Å². The summed E-state index contributed by atoms with van der Waals surface area (Å²) in [5, 5.41) is 8.44. The lowest BCUT2D eigenvalue weighted by Crippen LogP contribution is -2.09. The van der Waals surface area contributed by atoms with Crippen molar-refractivity contribution in [1.82, 2.24) is 0 Å². The monoisotopic (exact) mass is 309 g/mol. The number of aliphatic carboxylic acids is 1. The summed E-state index contributed by atoms with van der Waals surface area (Å²) >= 11 is 2.56. The van der Waals surface area contributed by atoms with Gasteiger partial charge >= 0.3 is 5.97 Å². The molecule has 0 unspecified atom stereocenters. The zero-order valence-corrected chi connectivity index (χ0v) is 12.2. The quantitative estimate of drug-likeness (QED) is 0.861. The van der Waals surface area contributed by atoms with Crippen molar-refractivity contribution in [2.24, 2.45) is 4.99 Å². The van der Waals surface area contributed by atoms with Gasteiger partial charge in [0.1, 0.15) is 15.8 Å². The molecule has 1 heterocycles. The van der Waals surface area contributed by atoms with Gasteiger partial charge in [-0.25, -0.2) is 9.79 Å². The van der Waals surface area contributed by atoms with E-state index >= 15 is 0 Å². The SMILES string of the molecule is CSC1=N/C(=C\c2ccc(OCC(=O)O)cc2)C(=O)S1. The predicted octanol–water partition coefficient (Wildman–Crippen LogP) is 2.48.